The van der Waals surface area contributed by atoms with Crippen LogP contribution in [0.25, 0.3) is 0 Å². The Balaban J connectivity index is 1.60. The van der Waals surface area contributed by atoms with Crippen LogP contribution in [0.15, 0.2) is 24.3 Å². The van der Waals surface area contributed by atoms with Crippen LogP contribution >= 0.6 is 0 Å². The fourth-order valence-electron chi connectivity index (χ4n) is 3.04. The molecule has 98 valence electrons. The standard InChI is InChI=1S/C16H23NO/c17-16(12-4-3-5-12)13-8-10-15(11-9-13)18-14-6-1-2-7-14/h8-12,14,16H,1-7,17H2. The first-order valence-electron chi connectivity index (χ1n) is 7.35. The highest BCUT2D eigenvalue weighted by Gasteiger charge is 2.25. The second-order valence-corrected chi connectivity index (χ2v) is 5.81. The van der Waals surface area contributed by atoms with Crippen LogP contribution in [0.5, 0.6) is 5.75 Å². The molecule has 3 rings (SSSR count). The summed E-state index contributed by atoms with van der Waals surface area (Å²) in [5, 5.41) is 0. The average Bonchev–Trinajstić information content (AvgIpc) is 2.80. The number of benzene rings is 1. The van der Waals surface area contributed by atoms with Crippen LogP contribution in [-0.2, 0) is 0 Å². The van der Waals surface area contributed by atoms with Crippen molar-refractivity contribution in [1.29, 1.82) is 0 Å². The van der Waals surface area contributed by atoms with Gasteiger partial charge in [-0.05, 0) is 62.1 Å². The third-order valence-electron chi connectivity index (χ3n) is 4.53. The van der Waals surface area contributed by atoms with Gasteiger partial charge in [-0.25, -0.2) is 0 Å². The van der Waals surface area contributed by atoms with Gasteiger partial charge in [0.15, 0.2) is 0 Å². The molecule has 2 saturated carbocycles. The summed E-state index contributed by atoms with van der Waals surface area (Å²) in [5.74, 6) is 1.71. The Bertz CT molecular complexity index is 377. The largest absolute Gasteiger partial charge is 0.490 e. The van der Waals surface area contributed by atoms with E-state index in [1.807, 2.05) is 0 Å². The van der Waals surface area contributed by atoms with Crippen molar-refractivity contribution < 1.29 is 4.74 Å². The Morgan fingerprint density at radius 1 is 0.944 bits per heavy atom. The third kappa shape index (κ3) is 2.54. The molecule has 2 nitrogen and oxygen atoms in total. The summed E-state index contributed by atoms with van der Waals surface area (Å²) >= 11 is 0. The second kappa shape index (κ2) is 5.31. The Kier molecular flexibility index (Phi) is 3.55. The lowest BCUT2D eigenvalue weighted by molar-refractivity contribution is 0.210. The maximum absolute atomic E-state index is 6.27. The fourth-order valence-corrected chi connectivity index (χ4v) is 3.04. The van der Waals surface area contributed by atoms with E-state index in [0.717, 1.165) is 5.75 Å². The third-order valence-corrected chi connectivity index (χ3v) is 4.53. The van der Waals surface area contributed by atoms with Crippen molar-refractivity contribution in [2.75, 3.05) is 0 Å². The van der Waals surface area contributed by atoms with Gasteiger partial charge >= 0.3 is 0 Å². The summed E-state index contributed by atoms with van der Waals surface area (Å²) in [5.41, 5.74) is 7.54. The summed E-state index contributed by atoms with van der Waals surface area (Å²) in [6.45, 7) is 0. The molecule has 0 radical (unpaired) electrons. The Labute approximate surface area is 110 Å². The Morgan fingerprint density at radius 2 is 1.61 bits per heavy atom. The highest BCUT2D eigenvalue weighted by molar-refractivity contribution is 5.29. The van der Waals surface area contributed by atoms with E-state index in [9.17, 15) is 0 Å². The van der Waals surface area contributed by atoms with Crippen LogP contribution < -0.4 is 10.5 Å². The fraction of sp³-hybridized carbons (Fsp3) is 0.625. The molecule has 0 amide bonds. The monoisotopic (exact) mass is 245 g/mol. The summed E-state index contributed by atoms with van der Waals surface area (Å²) in [7, 11) is 0. The van der Waals surface area contributed by atoms with Crippen molar-refractivity contribution in [2.45, 2.75) is 57.1 Å². The number of hydrogen-bond acceptors (Lipinski definition) is 2. The second-order valence-electron chi connectivity index (χ2n) is 5.81. The van der Waals surface area contributed by atoms with Crippen LogP contribution in [0, 0.1) is 5.92 Å². The average molecular weight is 245 g/mol. The summed E-state index contributed by atoms with van der Waals surface area (Å²) < 4.78 is 5.97. The molecular formula is C16H23NO. The summed E-state index contributed by atoms with van der Waals surface area (Å²) in [6, 6.07) is 8.69. The molecular weight excluding hydrogens is 222 g/mol. The molecule has 1 atom stereocenters. The number of ether oxygens (including phenoxy) is 1. The van der Waals surface area contributed by atoms with E-state index in [1.165, 1.54) is 50.5 Å². The van der Waals surface area contributed by atoms with E-state index in [-0.39, 0.29) is 6.04 Å². The van der Waals surface area contributed by atoms with Gasteiger partial charge in [0.1, 0.15) is 5.75 Å². The van der Waals surface area contributed by atoms with E-state index >= 15 is 0 Å². The van der Waals surface area contributed by atoms with Gasteiger partial charge in [0.05, 0.1) is 6.10 Å². The minimum Gasteiger partial charge on any atom is -0.490 e. The van der Waals surface area contributed by atoms with Gasteiger partial charge in [-0.15, -0.1) is 0 Å². The minimum absolute atomic E-state index is 0.222. The summed E-state index contributed by atoms with van der Waals surface area (Å²) in [6.07, 6.45) is 9.43. The van der Waals surface area contributed by atoms with Crippen LogP contribution in [0.1, 0.15) is 56.6 Å². The van der Waals surface area contributed by atoms with Crippen LogP contribution in [0.2, 0.25) is 0 Å². The van der Waals surface area contributed by atoms with Crippen LogP contribution in [0.4, 0.5) is 0 Å². The van der Waals surface area contributed by atoms with E-state index < -0.39 is 0 Å². The highest BCUT2D eigenvalue weighted by atomic mass is 16.5. The van der Waals surface area contributed by atoms with Crippen molar-refractivity contribution in [3.8, 4) is 5.75 Å². The lowest BCUT2D eigenvalue weighted by Crippen LogP contribution is -2.26. The maximum atomic E-state index is 6.27. The molecule has 2 fully saturated rings. The number of nitrogens with two attached hydrogens (primary N) is 1. The minimum atomic E-state index is 0.222. The maximum Gasteiger partial charge on any atom is 0.119 e. The SMILES string of the molecule is NC(c1ccc(OC2CCCC2)cc1)C1CCC1. The number of rotatable bonds is 4. The van der Waals surface area contributed by atoms with Crippen molar-refractivity contribution >= 4 is 0 Å². The van der Waals surface area contributed by atoms with Gasteiger partial charge in [-0.3, -0.25) is 0 Å². The zero-order chi connectivity index (χ0) is 12.4. The molecule has 1 aromatic rings. The smallest absolute Gasteiger partial charge is 0.119 e. The van der Waals surface area contributed by atoms with Gasteiger partial charge in [-0.2, -0.15) is 0 Å². The topological polar surface area (TPSA) is 35.2 Å². The molecule has 0 spiro atoms. The normalized spacial score (nSPS) is 22.7. The molecule has 1 aromatic carbocycles. The molecule has 2 heteroatoms. The quantitative estimate of drug-likeness (QED) is 0.875. The molecule has 2 aliphatic rings. The van der Waals surface area contributed by atoms with Gasteiger partial charge in [0.2, 0.25) is 0 Å². The molecule has 0 aromatic heterocycles. The molecule has 18 heavy (non-hydrogen) atoms. The van der Waals surface area contributed by atoms with Gasteiger partial charge < -0.3 is 10.5 Å². The van der Waals surface area contributed by atoms with Crippen molar-refractivity contribution in [3.63, 3.8) is 0 Å². The molecule has 0 aliphatic heterocycles. The van der Waals surface area contributed by atoms with E-state index in [4.69, 9.17) is 10.5 Å². The van der Waals surface area contributed by atoms with Crippen molar-refractivity contribution in [3.05, 3.63) is 29.8 Å². The Morgan fingerprint density at radius 3 is 2.17 bits per heavy atom. The first kappa shape index (κ1) is 12.0. The molecule has 2 N–H and O–H groups in total. The zero-order valence-electron chi connectivity index (χ0n) is 11.0. The molecule has 0 bridgehead atoms. The van der Waals surface area contributed by atoms with E-state index in [2.05, 4.69) is 24.3 Å². The number of hydrogen-bond donors (Lipinski definition) is 1. The predicted octanol–water partition coefficient (Wildman–Crippen LogP) is 3.81. The Hall–Kier alpha value is -1.02. The first-order chi connectivity index (χ1) is 8.83. The zero-order valence-corrected chi connectivity index (χ0v) is 11.0. The molecule has 0 saturated heterocycles. The first-order valence-corrected chi connectivity index (χ1v) is 7.35. The predicted molar refractivity (Wildman–Crippen MR) is 73.6 cm³/mol. The van der Waals surface area contributed by atoms with Crippen molar-refractivity contribution in [2.24, 2.45) is 11.7 Å². The lowest BCUT2D eigenvalue weighted by Gasteiger charge is -2.31. The summed E-state index contributed by atoms with van der Waals surface area (Å²) in [4.78, 5) is 0. The van der Waals surface area contributed by atoms with Gasteiger partial charge in [0.25, 0.3) is 0 Å². The van der Waals surface area contributed by atoms with Gasteiger partial charge in [0, 0.05) is 6.04 Å². The molecule has 2 aliphatic carbocycles. The van der Waals surface area contributed by atoms with Crippen molar-refractivity contribution in [1.82, 2.24) is 0 Å². The molecule has 0 heterocycles. The highest BCUT2D eigenvalue weighted by Crippen LogP contribution is 2.36. The van der Waals surface area contributed by atoms with Crippen LogP contribution in [0.3, 0.4) is 0 Å². The van der Waals surface area contributed by atoms with E-state index in [1.54, 1.807) is 0 Å². The molecule has 1 unspecified atom stereocenters. The van der Waals surface area contributed by atoms with E-state index in [0.29, 0.717) is 12.0 Å². The van der Waals surface area contributed by atoms with Gasteiger partial charge in [-0.1, -0.05) is 18.6 Å². The lowest BCUT2D eigenvalue weighted by atomic mass is 9.77. The van der Waals surface area contributed by atoms with Crippen LogP contribution in [-0.4, -0.2) is 6.10 Å².